The van der Waals surface area contributed by atoms with Crippen molar-refractivity contribution in [3.8, 4) is 5.88 Å². The molecule has 0 spiro atoms. The van der Waals surface area contributed by atoms with Gasteiger partial charge in [0.1, 0.15) is 11.4 Å². The Morgan fingerprint density at radius 3 is 2.62 bits per heavy atom. The molecule has 6 nitrogen and oxygen atoms in total. The number of nitrogen functional groups attached to an aromatic ring is 1. The number of nitrogens with zero attached hydrogens (tertiary/aromatic N) is 2. The molecule has 3 N–H and O–H groups in total. The Hall–Kier alpha value is -1.53. The zero-order chi connectivity index (χ0) is 15.9. The average Bonchev–Trinajstić information content (AvgIpc) is 2.38. The van der Waals surface area contributed by atoms with Crippen molar-refractivity contribution >= 4 is 11.5 Å². The highest BCUT2D eigenvalue weighted by Gasteiger charge is 2.15. The maximum atomic E-state index is 5.89. The average molecular weight is 296 g/mol. The molecule has 0 radical (unpaired) electrons. The number of aromatic nitrogens is 1. The number of hydrogen-bond donors (Lipinski definition) is 2. The van der Waals surface area contributed by atoms with Gasteiger partial charge in [-0.05, 0) is 40.0 Å². The van der Waals surface area contributed by atoms with Crippen molar-refractivity contribution < 1.29 is 9.47 Å². The summed E-state index contributed by atoms with van der Waals surface area (Å²) in [7, 11) is 3.77. The molecule has 21 heavy (non-hydrogen) atoms. The number of likely N-dealkylation sites (N-methyl/N-ethyl adjacent to an activating group) is 1. The summed E-state index contributed by atoms with van der Waals surface area (Å²) in [5, 5.41) is 3.28. The highest BCUT2D eigenvalue weighted by molar-refractivity contribution is 5.53. The van der Waals surface area contributed by atoms with E-state index in [1.807, 2.05) is 32.9 Å². The predicted octanol–water partition coefficient (Wildman–Crippen LogP) is 1.83. The van der Waals surface area contributed by atoms with Crippen molar-refractivity contribution in [1.29, 1.82) is 0 Å². The quantitative estimate of drug-likeness (QED) is 0.762. The fourth-order valence-corrected chi connectivity index (χ4v) is 1.66. The highest BCUT2D eigenvalue weighted by Crippen LogP contribution is 2.24. The van der Waals surface area contributed by atoms with Crippen molar-refractivity contribution in [1.82, 2.24) is 9.88 Å². The smallest absolute Gasteiger partial charge is 0.239 e. The maximum absolute atomic E-state index is 5.89. The Labute approximate surface area is 127 Å². The summed E-state index contributed by atoms with van der Waals surface area (Å²) in [6.07, 6.45) is 0. The van der Waals surface area contributed by atoms with Gasteiger partial charge in [-0.15, -0.1) is 0 Å². The first kappa shape index (κ1) is 17.5. The molecular weight excluding hydrogens is 268 g/mol. The van der Waals surface area contributed by atoms with Crippen LogP contribution in [0.25, 0.3) is 0 Å². The largest absolute Gasteiger partial charge is 0.470 e. The van der Waals surface area contributed by atoms with E-state index in [1.54, 1.807) is 7.11 Å². The minimum Gasteiger partial charge on any atom is -0.470 e. The number of pyridine rings is 1. The van der Waals surface area contributed by atoms with Crippen molar-refractivity contribution in [2.75, 3.05) is 51.4 Å². The van der Waals surface area contributed by atoms with Gasteiger partial charge in [0.25, 0.3) is 0 Å². The van der Waals surface area contributed by atoms with Crippen molar-refractivity contribution in [3.05, 3.63) is 12.1 Å². The third-order valence-corrected chi connectivity index (χ3v) is 2.77. The number of hydrogen-bond acceptors (Lipinski definition) is 6. The SMILES string of the molecule is COCCN(C)CCNc1ccc(N)c(OC(C)(C)C)n1. The van der Waals surface area contributed by atoms with E-state index in [0.717, 1.165) is 32.1 Å². The molecule has 6 heteroatoms. The van der Waals surface area contributed by atoms with E-state index in [1.165, 1.54) is 0 Å². The number of methoxy groups -OCH3 is 1. The van der Waals surface area contributed by atoms with E-state index in [0.29, 0.717) is 11.6 Å². The van der Waals surface area contributed by atoms with E-state index in [9.17, 15) is 0 Å². The fourth-order valence-electron chi connectivity index (χ4n) is 1.66. The van der Waals surface area contributed by atoms with Crippen LogP contribution in [-0.2, 0) is 4.74 Å². The monoisotopic (exact) mass is 296 g/mol. The van der Waals surface area contributed by atoms with Gasteiger partial charge in [-0.3, -0.25) is 0 Å². The summed E-state index contributed by atoms with van der Waals surface area (Å²) < 4.78 is 10.8. The van der Waals surface area contributed by atoms with Crippen LogP contribution in [0.1, 0.15) is 20.8 Å². The second-order valence-electron chi connectivity index (χ2n) is 6.03. The molecule has 0 unspecified atom stereocenters. The van der Waals surface area contributed by atoms with Gasteiger partial charge in [0.2, 0.25) is 5.88 Å². The van der Waals surface area contributed by atoms with Crippen molar-refractivity contribution in [2.24, 2.45) is 0 Å². The minimum atomic E-state index is -0.319. The molecule has 0 saturated carbocycles. The summed E-state index contributed by atoms with van der Waals surface area (Å²) in [4.78, 5) is 6.61. The third-order valence-electron chi connectivity index (χ3n) is 2.77. The lowest BCUT2D eigenvalue weighted by Gasteiger charge is -2.22. The maximum Gasteiger partial charge on any atom is 0.239 e. The molecule has 1 aromatic rings. The molecule has 0 aliphatic heterocycles. The second-order valence-corrected chi connectivity index (χ2v) is 6.03. The van der Waals surface area contributed by atoms with Gasteiger partial charge >= 0.3 is 0 Å². The lowest BCUT2D eigenvalue weighted by Crippen LogP contribution is -2.28. The molecule has 1 aromatic heterocycles. The lowest BCUT2D eigenvalue weighted by molar-refractivity contribution is 0.125. The van der Waals surface area contributed by atoms with E-state index < -0.39 is 0 Å². The fraction of sp³-hybridized carbons (Fsp3) is 0.667. The zero-order valence-electron chi connectivity index (χ0n) is 13.8. The highest BCUT2D eigenvalue weighted by atomic mass is 16.5. The molecule has 1 heterocycles. The normalized spacial score (nSPS) is 11.7. The second kappa shape index (κ2) is 8.05. The topological polar surface area (TPSA) is 72.6 Å². The Kier molecular flexibility index (Phi) is 6.71. The zero-order valence-corrected chi connectivity index (χ0v) is 13.8. The molecule has 0 bridgehead atoms. The van der Waals surface area contributed by atoms with Crippen molar-refractivity contribution in [2.45, 2.75) is 26.4 Å². The van der Waals surface area contributed by atoms with Gasteiger partial charge < -0.3 is 25.4 Å². The summed E-state index contributed by atoms with van der Waals surface area (Å²) in [6, 6.07) is 3.67. The number of anilines is 2. The predicted molar refractivity (Wildman–Crippen MR) is 86.9 cm³/mol. The van der Waals surface area contributed by atoms with Crippen LogP contribution in [0.4, 0.5) is 11.5 Å². The Bertz CT molecular complexity index is 432. The summed E-state index contributed by atoms with van der Waals surface area (Å²) in [5.74, 6) is 1.24. The van der Waals surface area contributed by atoms with Gasteiger partial charge in [0, 0.05) is 26.7 Å². The van der Waals surface area contributed by atoms with Crippen LogP contribution >= 0.6 is 0 Å². The van der Waals surface area contributed by atoms with E-state index >= 15 is 0 Å². The molecule has 0 saturated heterocycles. The molecule has 120 valence electrons. The van der Waals surface area contributed by atoms with E-state index in [4.69, 9.17) is 15.2 Å². The number of nitrogens with one attached hydrogen (secondary N) is 1. The van der Waals surface area contributed by atoms with Crippen LogP contribution in [0.15, 0.2) is 12.1 Å². The van der Waals surface area contributed by atoms with Crippen LogP contribution < -0.4 is 15.8 Å². The minimum absolute atomic E-state index is 0.319. The van der Waals surface area contributed by atoms with Gasteiger partial charge in [-0.1, -0.05) is 0 Å². The van der Waals surface area contributed by atoms with Gasteiger partial charge in [0.05, 0.1) is 12.3 Å². The van der Waals surface area contributed by atoms with Crippen LogP contribution in [0.2, 0.25) is 0 Å². The first-order chi connectivity index (χ1) is 9.81. The third kappa shape index (κ3) is 7.15. The molecule has 0 aliphatic carbocycles. The van der Waals surface area contributed by atoms with Crippen molar-refractivity contribution in [3.63, 3.8) is 0 Å². The molecule has 1 rings (SSSR count). The molecule has 0 aliphatic rings. The number of rotatable bonds is 8. The summed E-state index contributed by atoms with van der Waals surface area (Å²) in [5.41, 5.74) is 6.12. The lowest BCUT2D eigenvalue weighted by atomic mass is 10.2. The van der Waals surface area contributed by atoms with Gasteiger partial charge in [-0.2, -0.15) is 4.98 Å². The van der Waals surface area contributed by atoms with E-state index in [2.05, 4.69) is 22.2 Å². The Morgan fingerprint density at radius 2 is 2.00 bits per heavy atom. The summed E-state index contributed by atoms with van der Waals surface area (Å²) in [6.45, 7) is 9.26. The Balaban J connectivity index is 2.51. The van der Waals surface area contributed by atoms with Crippen LogP contribution in [-0.4, -0.2) is 55.9 Å². The first-order valence-corrected chi connectivity index (χ1v) is 7.18. The number of nitrogens with two attached hydrogens (primary N) is 1. The summed E-state index contributed by atoms with van der Waals surface area (Å²) >= 11 is 0. The Morgan fingerprint density at radius 1 is 1.29 bits per heavy atom. The molecule has 0 fully saturated rings. The van der Waals surface area contributed by atoms with Gasteiger partial charge in [0.15, 0.2) is 0 Å². The molecule has 0 atom stereocenters. The van der Waals surface area contributed by atoms with Crippen LogP contribution in [0.3, 0.4) is 0 Å². The van der Waals surface area contributed by atoms with E-state index in [-0.39, 0.29) is 5.60 Å². The van der Waals surface area contributed by atoms with Gasteiger partial charge in [-0.25, -0.2) is 0 Å². The number of ether oxygens (including phenoxy) is 2. The van der Waals surface area contributed by atoms with Crippen LogP contribution in [0.5, 0.6) is 5.88 Å². The molecule has 0 amide bonds. The molecular formula is C15H28N4O2. The molecule has 0 aromatic carbocycles. The van der Waals surface area contributed by atoms with Crippen LogP contribution in [0, 0.1) is 0 Å². The standard InChI is InChI=1S/C15H28N4O2/c1-15(2,3)21-14-12(16)6-7-13(18-14)17-8-9-19(4)10-11-20-5/h6-7H,8-11,16H2,1-5H3,(H,17,18). The first-order valence-electron chi connectivity index (χ1n) is 7.18.